The van der Waals surface area contributed by atoms with Crippen LogP contribution in [0.3, 0.4) is 0 Å². The normalized spacial score (nSPS) is 11.8. The van der Waals surface area contributed by atoms with Crippen molar-refractivity contribution in [2.24, 2.45) is 0 Å². The zero-order valence-corrected chi connectivity index (χ0v) is 34.2. The lowest BCUT2D eigenvalue weighted by molar-refractivity contribution is 0.672. The molecule has 3 heteroatoms. The van der Waals surface area contributed by atoms with E-state index < -0.39 is 0 Å². The van der Waals surface area contributed by atoms with Gasteiger partial charge in [-0.3, -0.25) is 0 Å². The minimum atomic E-state index is 0.863. The molecule has 63 heavy (non-hydrogen) atoms. The molecule has 0 fully saturated rings. The Morgan fingerprint density at radius 2 is 0.937 bits per heavy atom. The van der Waals surface area contributed by atoms with E-state index in [1.807, 2.05) is 0 Å². The fraction of sp³-hybridized carbons (Fsp3) is 0. The Hall–Kier alpha value is -8.40. The van der Waals surface area contributed by atoms with Gasteiger partial charge in [0.25, 0.3) is 0 Å². The van der Waals surface area contributed by atoms with E-state index in [1.54, 1.807) is 0 Å². The van der Waals surface area contributed by atoms with Gasteiger partial charge >= 0.3 is 0 Å². The Morgan fingerprint density at radius 3 is 1.67 bits per heavy atom. The highest BCUT2D eigenvalue weighted by Gasteiger charge is 2.21. The fourth-order valence-electron chi connectivity index (χ4n) is 10.1. The maximum atomic E-state index is 6.72. The van der Waals surface area contributed by atoms with Crippen LogP contribution >= 0.6 is 0 Å². The maximum Gasteiger partial charge on any atom is 0.143 e. The molecule has 3 nitrogen and oxygen atoms in total. The third-order valence-corrected chi connectivity index (χ3v) is 13.0. The number of rotatable bonds is 6. The number of hydrogen-bond donors (Lipinski definition) is 0. The van der Waals surface area contributed by atoms with Gasteiger partial charge in [0, 0.05) is 38.6 Å². The van der Waals surface area contributed by atoms with Crippen LogP contribution < -0.4 is 4.90 Å². The first-order valence-electron chi connectivity index (χ1n) is 21.6. The summed E-state index contributed by atoms with van der Waals surface area (Å²) in [5, 5.41) is 12.0. The van der Waals surface area contributed by atoms with E-state index in [9.17, 15) is 0 Å². The summed E-state index contributed by atoms with van der Waals surface area (Å²) in [6, 6.07) is 83.4. The van der Waals surface area contributed by atoms with E-state index >= 15 is 0 Å². The molecule has 2 aromatic heterocycles. The molecule has 0 spiro atoms. The highest BCUT2D eigenvalue weighted by Crippen LogP contribution is 2.45. The highest BCUT2D eigenvalue weighted by molar-refractivity contribution is 6.20. The van der Waals surface area contributed by atoms with Gasteiger partial charge in [-0.1, -0.05) is 158 Å². The second kappa shape index (κ2) is 14.1. The Bertz CT molecular complexity index is 3860. The Kier molecular flexibility index (Phi) is 7.91. The molecule has 13 rings (SSSR count). The molecular weight excluding hydrogens is 765 g/mol. The van der Waals surface area contributed by atoms with Gasteiger partial charge in [0.1, 0.15) is 11.2 Å². The average Bonchev–Trinajstić information content (AvgIpc) is 3.91. The quantitative estimate of drug-likeness (QED) is 0.156. The molecule has 0 aliphatic heterocycles. The molecule has 0 N–H and O–H groups in total. The number of hydrogen-bond acceptors (Lipinski definition) is 2. The molecule has 0 atom stereocenters. The topological polar surface area (TPSA) is 21.3 Å². The van der Waals surface area contributed by atoms with Crippen LogP contribution in [0.1, 0.15) is 0 Å². The van der Waals surface area contributed by atoms with Crippen LogP contribution in [0.5, 0.6) is 0 Å². The lowest BCUT2D eigenvalue weighted by Crippen LogP contribution is -2.10. The molecule has 13 aromatic rings. The molecule has 2 heterocycles. The maximum absolute atomic E-state index is 6.72. The van der Waals surface area contributed by atoms with Gasteiger partial charge in [0.15, 0.2) is 0 Å². The van der Waals surface area contributed by atoms with Crippen LogP contribution in [0.25, 0.3) is 104 Å². The summed E-state index contributed by atoms with van der Waals surface area (Å²) in [5.41, 5.74) is 13.2. The summed E-state index contributed by atoms with van der Waals surface area (Å²) in [5.74, 6) is 0. The van der Waals surface area contributed by atoms with Gasteiger partial charge < -0.3 is 13.9 Å². The SMILES string of the molecule is c1cc(-c2ccc(N(c3ccc(-c4cc5ccccc5c5ccccc45)cc3)c3cccc4oc5c6ccccc6ccc5c34)cc2)cc(-n2c3ccccc3c3ccccc32)c1. The standard InChI is InChI=1S/C60H38N2O/c1-4-18-48-40(13-1)31-36-53-59-57(25-12-26-58(59)63-60(48)53)61(45-34-29-41(30-35-45)54-38-43-14-2-3-17-47(43)49-19-5-6-20-50(49)54)44-32-27-39(28-33-44)42-15-11-16-46(37-42)62-55-23-9-7-21-51(55)52-22-8-10-24-56(52)62/h1-38H. The smallest absolute Gasteiger partial charge is 0.143 e. The Morgan fingerprint density at radius 1 is 0.349 bits per heavy atom. The minimum absolute atomic E-state index is 0.863. The molecule has 0 saturated heterocycles. The van der Waals surface area contributed by atoms with Crippen molar-refractivity contribution in [3.63, 3.8) is 0 Å². The predicted octanol–water partition coefficient (Wildman–Crippen LogP) is 16.9. The summed E-state index contributed by atoms with van der Waals surface area (Å²) in [6.07, 6.45) is 0. The third kappa shape index (κ3) is 5.60. The Labute approximate surface area is 363 Å². The molecule has 0 amide bonds. The minimum Gasteiger partial charge on any atom is -0.455 e. The monoisotopic (exact) mass is 802 g/mol. The van der Waals surface area contributed by atoms with Gasteiger partial charge in [0.05, 0.1) is 22.1 Å². The molecule has 0 unspecified atom stereocenters. The summed E-state index contributed by atoms with van der Waals surface area (Å²) < 4.78 is 9.11. The van der Waals surface area contributed by atoms with E-state index in [-0.39, 0.29) is 0 Å². The van der Waals surface area contributed by atoms with E-state index in [2.05, 4.69) is 240 Å². The second-order valence-electron chi connectivity index (χ2n) is 16.5. The van der Waals surface area contributed by atoms with Crippen molar-refractivity contribution in [2.75, 3.05) is 4.90 Å². The number of anilines is 3. The lowest BCUT2D eigenvalue weighted by Gasteiger charge is -2.27. The van der Waals surface area contributed by atoms with Crippen LogP contribution in [0.4, 0.5) is 17.1 Å². The molecule has 0 aliphatic carbocycles. The molecule has 0 saturated carbocycles. The van der Waals surface area contributed by atoms with Gasteiger partial charge in [-0.05, 0) is 122 Å². The summed E-state index contributed by atoms with van der Waals surface area (Å²) in [6.45, 7) is 0. The van der Waals surface area contributed by atoms with Crippen molar-refractivity contribution in [2.45, 2.75) is 0 Å². The Balaban J connectivity index is 0.958. The van der Waals surface area contributed by atoms with Crippen molar-refractivity contribution in [3.05, 3.63) is 231 Å². The van der Waals surface area contributed by atoms with Crippen molar-refractivity contribution in [1.29, 1.82) is 0 Å². The van der Waals surface area contributed by atoms with E-state index in [0.29, 0.717) is 0 Å². The van der Waals surface area contributed by atoms with Crippen LogP contribution in [0.2, 0.25) is 0 Å². The van der Waals surface area contributed by atoms with Gasteiger partial charge in [-0.25, -0.2) is 0 Å². The van der Waals surface area contributed by atoms with Crippen LogP contribution in [-0.2, 0) is 0 Å². The largest absolute Gasteiger partial charge is 0.455 e. The number of furan rings is 1. The molecule has 0 aliphatic rings. The fourth-order valence-corrected chi connectivity index (χ4v) is 10.1. The zero-order valence-electron chi connectivity index (χ0n) is 34.2. The highest BCUT2D eigenvalue weighted by atomic mass is 16.3. The third-order valence-electron chi connectivity index (χ3n) is 13.0. The van der Waals surface area contributed by atoms with Gasteiger partial charge in [0.2, 0.25) is 0 Å². The average molecular weight is 803 g/mol. The number of aromatic nitrogens is 1. The van der Waals surface area contributed by atoms with E-state index in [0.717, 1.165) is 66.6 Å². The number of fused-ring (bicyclic) bond motifs is 11. The van der Waals surface area contributed by atoms with Gasteiger partial charge in [-0.2, -0.15) is 0 Å². The summed E-state index contributed by atoms with van der Waals surface area (Å²) in [7, 11) is 0. The van der Waals surface area contributed by atoms with E-state index in [4.69, 9.17) is 4.42 Å². The zero-order chi connectivity index (χ0) is 41.4. The first-order valence-corrected chi connectivity index (χ1v) is 21.6. The molecule has 294 valence electrons. The second-order valence-corrected chi connectivity index (χ2v) is 16.5. The summed E-state index contributed by atoms with van der Waals surface area (Å²) in [4.78, 5) is 2.38. The number of nitrogens with zero attached hydrogens (tertiary/aromatic N) is 2. The van der Waals surface area contributed by atoms with Crippen molar-refractivity contribution >= 4 is 93.1 Å². The molecular formula is C60H38N2O. The summed E-state index contributed by atoms with van der Waals surface area (Å²) >= 11 is 0. The molecule has 0 radical (unpaired) electrons. The van der Waals surface area contributed by atoms with Crippen molar-refractivity contribution < 1.29 is 4.42 Å². The first-order chi connectivity index (χ1) is 31.2. The number of para-hydroxylation sites is 2. The van der Waals surface area contributed by atoms with E-state index in [1.165, 1.54) is 54.5 Å². The first kappa shape index (κ1) is 35.4. The predicted molar refractivity (Wildman–Crippen MR) is 266 cm³/mol. The lowest BCUT2D eigenvalue weighted by atomic mass is 9.93. The van der Waals surface area contributed by atoms with Crippen LogP contribution in [0, 0.1) is 0 Å². The molecule has 0 bridgehead atoms. The van der Waals surface area contributed by atoms with Crippen LogP contribution in [-0.4, -0.2) is 4.57 Å². The van der Waals surface area contributed by atoms with Crippen molar-refractivity contribution in [1.82, 2.24) is 4.57 Å². The number of benzene rings is 11. The molecule has 11 aromatic carbocycles. The van der Waals surface area contributed by atoms with Crippen molar-refractivity contribution in [3.8, 4) is 27.9 Å². The van der Waals surface area contributed by atoms with Gasteiger partial charge in [-0.15, -0.1) is 0 Å². The van der Waals surface area contributed by atoms with Crippen LogP contribution in [0.15, 0.2) is 235 Å².